The number of hydrogen-bond donors (Lipinski definition) is 1. The first-order chi connectivity index (χ1) is 14.2. The summed E-state index contributed by atoms with van der Waals surface area (Å²) in [5.41, 5.74) is 5.30. The van der Waals surface area contributed by atoms with E-state index in [1.54, 1.807) is 6.20 Å². The molecule has 2 aromatic heterocycles. The molecule has 2 aromatic carbocycles. The largest absolute Gasteiger partial charge is 0.355 e. The van der Waals surface area contributed by atoms with Gasteiger partial charge in [0.25, 0.3) is 0 Å². The van der Waals surface area contributed by atoms with Crippen LogP contribution in [0.2, 0.25) is 0 Å². The molecule has 29 heavy (non-hydrogen) atoms. The van der Waals surface area contributed by atoms with Gasteiger partial charge in [-0.2, -0.15) is 5.10 Å². The number of benzene rings is 2. The second-order valence-corrected chi connectivity index (χ2v) is 7.80. The van der Waals surface area contributed by atoms with Gasteiger partial charge in [0.2, 0.25) is 5.91 Å². The van der Waals surface area contributed by atoms with Gasteiger partial charge in [-0.1, -0.05) is 71.9 Å². The third kappa shape index (κ3) is 4.84. The molecule has 5 nitrogen and oxygen atoms in total. The van der Waals surface area contributed by atoms with E-state index in [0.29, 0.717) is 12.3 Å². The van der Waals surface area contributed by atoms with Crippen molar-refractivity contribution in [2.45, 2.75) is 18.4 Å². The van der Waals surface area contributed by atoms with Crippen LogP contribution in [0.15, 0.2) is 78.1 Å². The average Bonchev–Trinajstić information content (AvgIpc) is 3.18. The van der Waals surface area contributed by atoms with Crippen LogP contribution in [0.25, 0.3) is 16.8 Å². The summed E-state index contributed by atoms with van der Waals surface area (Å²) < 4.78 is 1.82. The molecule has 0 bridgehead atoms. The molecular formula is C23H22N4OS. The van der Waals surface area contributed by atoms with Gasteiger partial charge in [-0.15, -0.1) is 0 Å². The van der Waals surface area contributed by atoms with Gasteiger partial charge in [-0.25, -0.2) is 9.50 Å². The van der Waals surface area contributed by atoms with Crippen molar-refractivity contribution in [2.75, 3.05) is 12.3 Å². The lowest BCUT2D eigenvalue weighted by Crippen LogP contribution is -2.27. The Hall–Kier alpha value is -3.12. The summed E-state index contributed by atoms with van der Waals surface area (Å²) in [6, 6.07) is 20.5. The van der Waals surface area contributed by atoms with Crippen molar-refractivity contribution >= 4 is 23.2 Å². The zero-order valence-electron chi connectivity index (χ0n) is 16.2. The van der Waals surface area contributed by atoms with Gasteiger partial charge in [0.1, 0.15) is 5.03 Å². The summed E-state index contributed by atoms with van der Waals surface area (Å²) in [5.74, 6) is 0.333. The van der Waals surface area contributed by atoms with E-state index in [0.717, 1.165) is 28.2 Å². The van der Waals surface area contributed by atoms with Crippen molar-refractivity contribution < 1.29 is 4.79 Å². The van der Waals surface area contributed by atoms with Crippen molar-refractivity contribution in [1.29, 1.82) is 0 Å². The van der Waals surface area contributed by atoms with Crippen LogP contribution in [0.1, 0.15) is 11.1 Å². The van der Waals surface area contributed by atoms with E-state index >= 15 is 0 Å². The Labute approximate surface area is 174 Å². The van der Waals surface area contributed by atoms with Gasteiger partial charge in [0, 0.05) is 24.5 Å². The van der Waals surface area contributed by atoms with E-state index in [4.69, 9.17) is 0 Å². The number of hydrogen-bond acceptors (Lipinski definition) is 4. The molecule has 0 aliphatic rings. The molecular weight excluding hydrogens is 380 g/mol. The number of fused-ring (bicyclic) bond motifs is 1. The zero-order valence-corrected chi connectivity index (χ0v) is 17.0. The van der Waals surface area contributed by atoms with Crippen LogP contribution in [-0.2, 0) is 11.2 Å². The highest BCUT2D eigenvalue weighted by Crippen LogP contribution is 2.26. The number of amides is 1. The molecule has 0 spiro atoms. The van der Waals surface area contributed by atoms with Gasteiger partial charge in [-0.05, 0) is 25.0 Å². The highest BCUT2D eigenvalue weighted by atomic mass is 32.2. The quantitative estimate of drug-likeness (QED) is 0.472. The predicted molar refractivity (Wildman–Crippen MR) is 117 cm³/mol. The Morgan fingerprint density at radius 1 is 1.10 bits per heavy atom. The first-order valence-electron chi connectivity index (χ1n) is 9.54. The predicted octanol–water partition coefficient (Wildman–Crippen LogP) is 4.16. The van der Waals surface area contributed by atoms with Gasteiger partial charge in [0.15, 0.2) is 0 Å². The fourth-order valence-electron chi connectivity index (χ4n) is 3.05. The second-order valence-electron chi connectivity index (χ2n) is 6.83. The smallest absolute Gasteiger partial charge is 0.230 e. The summed E-state index contributed by atoms with van der Waals surface area (Å²) in [4.78, 5) is 16.7. The highest BCUT2D eigenvalue weighted by molar-refractivity contribution is 8.00. The van der Waals surface area contributed by atoms with E-state index < -0.39 is 0 Å². The molecule has 0 aliphatic heterocycles. The Morgan fingerprint density at radius 2 is 1.90 bits per heavy atom. The van der Waals surface area contributed by atoms with E-state index in [2.05, 4.69) is 58.7 Å². The Morgan fingerprint density at radius 3 is 2.69 bits per heavy atom. The number of rotatable bonds is 7. The Kier molecular flexibility index (Phi) is 5.91. The van der Waals surface area contributed by atoms with Crippen LogP contribution < -0.4 is 5.32 Å². The lowest BCUT2D eigenvalue weighted by molar-refractivity contribution is -0.118. The number of carbonyl (C=O) groups is 1. The topological polar surface area (TPSA) is 59.3 Å². The summed E-state index contributed by atoms with van der Waals surface area (Å²) in [5, 5.41) is 8.42. The number of aryl methyl sites for hydroxylation is 1. The number of aromatic nitrogens is 3. The molecule has 4 rings (SSSR count). The van der Waals surface area contributed by atoms with Crippen LogP contribution in [0.3, 0.4) is 0 Å². The van der Waals surface area contributed by atoms with Crippen molar-refractivity contribution in [1.82, 2.24) is 19.9 Å². The van der Waals surface area contributed by atoms with Gasteiger partial charge in [0.05, 0.1) is 17.0 Å². The maximum absolute atomic E-state index is 12.2. The minimum atomic E-state index is 0.00741. The summed E-state index contributed by atoms with van der Waals surface area (Å²) in [6.07, 6.45) is 4.37. The monoisotopic (exact) mass is 402 g/mol. The number of carbonyl (C=O) groups excluding carboxylic acids is 1. The summed E-state index contributed by atoms with van der Waals surface area (Å²) in [7, 11) is 0. The fraction of sp³-hybridized carbons (Fsp3) is 0.174. The molecule has 146 valence electrons. The molecule has 0 unspecified atom stereocenters. The average molecular weight is 403 g/mol. The zero-order chi connectivity index (χ0) is 20.1. The molecule has 6 heteroatoms. The van der Waals surface area contributed by atoms with Crippen LogP contribution in [-0.4, -0.2) is 32.8 Å². The molecule has 1 amide bonds. The number of nitrogens with one attached hydrogen (secondary N) is 1. The van der Waals surface area contributed by atoms with Crippen molar-refractivity contribution in [3.63, 3.8) is 0 Å². The molecule has 0 saturated heterocycles. The first kappa shape index (κ1) is 19.2. The van der Waals surface area contributed by atoms with Crippen LogP contribution in [0.4, 0.5) is 0 Å². The minimum Gasteiger partial charge on any atom is -0.355 e. The van der Waals surface area contributed by atoms with Gasteiger partial charge in [-0.3, -0.25) is 4.79 Å². The molecule has 0 aliphatic carbocycles. The molecule has 0 radical (unpaired) electrons. The maximum atomic E-state index is 12.2. The number of nitrogens with zero attached hydrogens (tertiary/aromatic N) is 3. The maximum Gasteiger partial charge on any atom is 0.230 e. The van der Waals surface area contributed by atoms with Gasteiger partial charge < -0.3 is 5.32 Å². The van der Waals surface area contributed by atoms with E-state index in [1.807, 2.05) is 35.0 Å². The normalized spacial score (nSPS) is 10.9. The molecule has 4 aromatic rings. The minimum absolute atomic E-state index is 0.00741. The third-order valence-corrected chi connectivity index (χ3v) is 5.61. The van der Waals surface area contributed by atoms with E-state index in [1.165, 1.54) is 22.9 Å². The molecule has 0 saturated carbocycles. The highest BCUT2D eigenvalue weighted by Gasteiger charge is 2.11. The second kappa shape index (κ2) is 8.92. The molecule has 0 fully saturated rings. The summed E-state index contributed by atoms with van der Waals surface area (Å²) in [6.45, 7) is 2.70. The summed E-state index contributed by atoms with van der Waals surface area (Å²) >= 11 is 1.43. The lowest BCUT2D eigenvalue weighted by Gasteiger charge is -2.05. The fourth-order valence-corrected chi connectivity index (χ4v) is 3.86. The lowest BCUT2D eigenvalue weighted by atomic mass is 10.1. The van der Waals surface area contributed by atoms with Crippen molar-refractivity contribution in [2.24, 2.45) is 0 Å². The Balaban J connectivity index is 1.39. The molecule has 0 atom stereocenters. The van der Waals surface area contributed by atoms with Crippen LogP contribution >= 0.6 is 11.8 Å². The van der Waals surface area contributed by atoms with Crippen LogP contribution in [0, 0.1) is 6.92 Å². The SMILES string of the molecule is Cc1ccc(-c2cc3c(SCC(=O)NCCc4ccccc4)nccn3n2)cc1. The number of thioether (sulfide) groups is 1. The van der Waals surface area contributed by atoms with Crippen LogP contribution in [0.5, 0.6) is 0 Å². The first-order valence-corrected chi connectivity index (χ1v) is 10.5. The Bertz CT molecular complexity index is 1110. The van der Waals surface area contributed by atoms with E-state index in [-0.39, 0.29) is 5.91 Å². The van der Waals surface area contributed by atoms with E-state index in [9.17, 15) is 4.79 Å². The third-order valence-electron chi connectivity index (χ3n) is 4.62. The van der Waals surface area contributed by atoms with Gasteiger partial charge >= 0.3 is 0 Å². The molecule has 1 N–H and O–H groups in total. The van der Waals surface area contributed by atoms with Crippen molar-refractivity contribution in [3.05, 3.63) is 84.2 Å². The molecule has 2 heterocycles. The standard InChI is InChI=1S/C23H22N4OS/c1-17-7-9-19(10-8-17)20-15-21-23(25-13-14-27(21)26-20)29-16-22(28)24-12-11-18-5-3-2-4-6-18/h2-10,13-15H,11-12,16H2,1H3,(H,24,28). The van der Waals surface area contributed by atoms with Crippen molar-refractivity contribution in [3.8, 4) is 11.3 Å².